The topological polar surface area (TPSA) is 102 Å². The molecule has 0 aromatic carbocycles. The molecule has 1 aliphatic carbocycles. The second kappa shape index (κ2) is 9.77. The summed E-state index contributed by atoms with van der Waals surface area (Å²) in [6.07, 6.45) is -0.109. The summed E-state index contributed by atoms with van der Waals surface area (Å²) in [6.45, 7) is -1.05. The molecule has 0 bridgehead atoms. The molecule has 2 aromatic rings. The van der Waals surface area contributed by atoms with Crippen LogP contribution in [0.25, 0.3) is 0 Å². The third-order valence-electron chi connectivity index (χ3n) is 4.93. The highest BCUT2D eigenvalue weighted by molar-refractivity contribution is 7.17. The quantitative estimate of drug-likeness (QED) is 0.395. The summed E-state index contributed by atoms with van der Waals surface area (Å²) in [5, 5.41) is 9.17. The van der Waals surface area contributed by atoms with Crippen molar-refractivity contribution in [1.82, 2.24) is 15.1 Å². The van der Waals surface area contributed by atoms with Crippen molar-refractivity contribution in [3.05, 3.63) is 33.5 Å². The van der Waals surface area contributed by atoms with Crippen molar-refractivity contribution >= 4 is 28.2 Å². The van der Waals surface area contributed by atoms with E-state index in [0.717, 1.165) is 40.8 Å². The molecule has 0 aliphatic heterocycles. The molecule has 170 valence electrons. The predicted octanol–water partition coefficient (Wildman–Crippen LogP) is 3.03. The Bertz CT molecular complexity index is 954. The lowest BCUT2D eigenvalue weighted by Gasteiger charge is -2.11. The number of aromatic nitrogens is 2. The molecule has 0 atom stereocenters. The number of nitrogens with two attached hydrogens (primary N) is 1. The SMILES string of the molecule is NC(=O)c1c(NC(=O)CCn2cc(CNCCF)c(C(F)(F)F)n2)sc2c1CCCC2. The van der Waals surface area contributed by atoms with Crippen molar-refractivity contribution in [2.45, 2.75) is 51.4 Å². The number of nitrogens with zero attached hydrogens (tertiary/aromatic N) is 2. The first-order valence-corrected chi connectivity index (χ1v) is 10.7. The summed E-state index contributed by atoms with van der Waals surface area (Å²) in [5.41, 5.74) is 5.52. The second-order valence-electron chi connectivity index (χ2n) is 7.21. The summed E-state index contributed by atoms with van der Waals surface area (Å²) in [5.74, 6) is -1.07. The molecule has 0 unspecified atom stereocenters. The van der Waals surface area contributed by atoms with Gasteiger partial charge in [0.15, 0.2) is 5.69 Å². The number of anilines is 1. The zero-order valence-electron chi connectivity index (χ0n) is 16.6. The fourth-order valence-electron chi connectivity index (χ4n) is 3.55. The van der Waals surface area contributed by atoms with Gasteiger partial charge >= 0.3 is 6.18 Å². The normalized spacial score (nSPS) is 13.8. The molecule has 0 radical (unpaired) electrons. The van der Waals surface area contributed by atoms with E-state index in [1.165, 1.54) is 17.5 Å². The van der Waals surface area contributed by atoms with Gasteiger partial charge in [-0.25, -0.2) is 4.39 Å². The van der Waals surface area contributed by atoms with Crippen LogP contribution in [-0.2, 0) is 36.9 Å². The van der Waals surface area contributed by atoms with Gasteiger partial charge in [-0.1, -0.05) is 0 Å². The molecular weight excluding hydrogens is 438 g/mol. The van der Waals surface area contributed by atoms with E-state index in [1.54, 1.807) is 0 Å². The zero-order valence-corrected chi connectivity index (χ0v) is 17.5. The molecule has 2 heterocycles. The Kier molecular flexibility index (Phi) is 7.31. The number of hydrogen-bond donors (Lipinski definition) is 3. The zero-order chi connectivity index (χ0) is 22.6. The Morgan fingerprint density at radius 2 is 2.00 bits per heavy atom. The molecule has 1 aliphatic rings. The Morgan fingerprint density at radius 1 is 1.26 bits per heavy atom. The monoisotopic (exact) mass is 461 g/mol. The smallest absolute Gasteiger partial charge is 0.365 e. The van der Waals surface area contributed by atoms with Gasteiger partial charge in [0, 0.05) is 42.7 Å². The van der Waals surface area contributed by atoms with E-state index >= 15 is 0 Å². The first-order chi connectivity index (χ1) is 14.7. The van der Waals surface area contributed by atoms with Crippen molar-refractivity contribution in [3.8, 4) is 0 Å². The van der Waals surface area contributed by atoms with Crippen molar-refractivity contribution in [3.63, 3.8) is 0 Å². The molecule has 12 heteroatoms. The molecule has 0 saturated carbocycles. The van der Waals surface area contributed by atoms with E-state index in [2.05, 4.69) is 15.7 Å². The van der Waals surface area contributed by atoms with Crippen LogP contribution in [-0.4, -0.2) is 34.8 Å². The molecular formula is C19H23F4N5O2S. The molecule has 31 heavy (non-hydrogen) atoms. The average Bonchev–Trinajstić information content (AvgIpc) is 3.27. The first kappa shape index (κ1) is 23.2. The molecule has 2 aromatic heterocycles. The van der Waals surface area contributed by atoms with Gasteiger partial charge < -0.3 is 16.4 Å². The fraction of sp³-hybridized carbons (Fsp3) is 0.526. The van der Waals surface area contributed by atoms with Crippen LogP contribution in [0.5, 0.6) is 0 Å². The predicted molar refractivity (Wildman–Crippen MR) is 108 cm³/mol. The van der Waals surface area contributed by atoms with Gasteiger partial charge in [-0.2, -0.15) is 18.3 Å². The maximum atomic E-state index is 13.2. The third-order valence-corrected chi connectivity index (χ3v) is 6.14. The lowest BCUT2D eigenvalue weighted by molar-refractivity contribution is -0.142. The molecule has 0 saturated heterocycles. The Hall–Kier alpha value is -2.47. The molecule has 7 nitrogen and oxygen atoms in total. The lowest BCUT2D eigenvalue weighted by Crippen LogP contribution is -2.19. The fourth-order valence-corrected chi connectivity index (χ4v) is 4.87. The van der Waals surface area contributed by atoms with Crippen LogP contribution in [0.15, 0.2) is 6.20 Å². The van der Waals surface area contributed by atoms with Crippen molar-refractivity contribution in [2.75, 3.05) is 18.5 Å². The number of nitrogens with one attached hydrogen (secondary N) is 2. The minimum Gasteiger partial charge on any atom is -0.365 e. The van der Waals surface area contributed by atoms with Gasteiger partial charge in [-0.15, -0.1) is 11.3 Å². The lowest BCUT2D eigenvalue weighted by atomic mass is 9.95. The van der Waals surface area contributed by atoms with Crippen molar-refractivity contribution < 1.29 is 27.2 Å². The van der Waals surface area contributed by atoms with Gasteiger partial charge in [0.2, 0.25) is 5.91 Å². The number of fused-ring (bicyclic) bond motifs is 1. The highest BCUT2D eigenvalue weighted by atomic mass is 32.1. The minimum absolute atomic E-state index is 0.0716. The van der Waals surface area contributed by atoms with Crippen molar-refractivity contribution in [1.29, 1.82) is 0 Å². The molecule has 2 amide bonds. The maximum absolute atomic E-state index is 13.2. The number of halogens is 4. The van der Waals surface area contributed by atoms with E-state index < -0.39 is 30.4 Å². The van der Waals surface area contributed by atoms with Crippen molar-refractivity contribution in [2.24, 2.45) is 5.73 Å². The number of carbonyl (C=O) groups is 2. The van der Waals surface area contributed by atoms with Gasteiger partial charge in [-0.3, -0.25) is 14.3 Å². The molecule has 4 N–H and O–H groups in total. The van der Waals surface area contributed by atoms with Gasteiger partial charge in [0.25, 0.3) is 5.91 Å². The van der Waals surface area contributed by atoms with Crippen LogP contribution in [0.1, 0.15) is 51.3 Å². The van der Waals surface area contributed by atoms with Gasteiger partial charge in [0.05, 0.1) is 5.56 Å². The van der Waals surface area contributed by atoms with Crippen LogP contribution in [0.4, 0.5) is 22.6 Å². The van der Waals surface area contributed by atoms with Crippen LogP contribution in [0.3, 0.4) is 0 Å². The molecule has 3 rings (SSSR count). The average molecular weight is 461 g/mol. The number of primary amides is 1. The Balaban J connectivity index is 1.67. The highest BCUT2D eigenvalue weighted by Crippen LogP contribution is 2.38. The number of thiophene rings is 1. The van der Waals surface area contributed by atoms with E-state index in [0.29, 0.717) is 10.6 Å². The summed E-state index contributed by atoms with van der Waals surface area (Å²) < 4.78 is 52.8. The second-order valence-corrected chi connectivity index (χ2v) is 8.31. The summed E-state index contributed by atoms with van der Waals surface area (Å²) in [7, 11) is 0. The number of amides is 2. The van der Waals surface area contributed by atoms with E-state index in [9.17, 15) is 27.2 Å². The van der Waals surface area contributed by atoms with Crippen LogP contribution < -0.4 is 16.4 Å². The Labute approximate surface area is 180 Å². The number of carbonyl (C=O) groups excluding carboxylic acids is 2. The first-order valence-electron chi connectivity index (χ1n) is 9.85. The maximum Gasteiger partial charge on any atom is 0.435 e. The standard InChI is InChI=1S/C19H23F4N5O2S/c20-6-7-25-9-11-10-28(27-16(11)19(21,22)23)8-5-14(29)26-18-15(17(24)30)12-3-1-2-4-13(12)31-18/h10,25H,1-9H2,(H2,24,30)(H,26,29). The minimum atomic E-state index is -4.66. The number of alkyl halides is 4. The van der Waals surface area contributed by atoms with Gasteiger partial charge in [-0.05, 0) is 31.2 Å². The van der Waals surface area contributed by atoms with E-state index in [1.807, 2.05) is 0 Å². The third kappa shape index (κ3) is 5.62. The summed E-state index contributed by atoms with van der Waals surface area (Å²) in [6, 6.07) is 0. The van der Waals surface area contributed by atoms with E-state index in [-0.39, 0.29) is 31.6 Å². The highest BCUT2D eigenvalue weighted by Gasteiger charge is 2.37. The summed E-state index contributed by atoms with van der Waals surface area (Å²) >= 11 is 1.32. The molecule has 0 spiro atoms. The largest absolute Gasteiger partial charge is 0.435 e. The van der Waals surface area contributed by atoms with Crippen LogP contribution in [0, 0.1) is 0 Å². The molecule has 0 fully saturated rings. The van der Waals surface area contributed by atoms with Crippen LogP contribution >= 0.6 is 11.3 Å². The number of hydrogen-bond acceptors (Lipinski definition) is 5. The van der Waals surface area contributed by atoms with Gasteiger partial charge in [0.1, 0.15) is 11.7 Å². The van der Waals surface area contributed by atoms with Crippen LogP contribution in [0.2, 0.25) is 0 Å². The number of rotatable bonds is 9. The number of aryl methyl sites for hydroxylation is 2. The Morgan fingerprint density at radius 3 is 2.68 bits per heavy atom. The summed E-state index contributed by atoms with van der Waals surface area (Å²) in [4.78, 5) is 25.3. The van der Waals surface area contributed by atoms with E-state index in [4.69, 9.17) is 5.73 Å².